The van der Waals surface area contributed by atoms with E-state index in [4.69, 9.17) is 0 Å². The molecule has 0 fully saturated rings. The first kappa shape index (κ1) is 10.8. The fraction of sp³-hybridized carbons (Fsp3) is 0. The van der Waals surface area contributed by atoms with E-state index in [1.807, 2.05) is 0 Å². The van der Waals surface area contributed by atoms with Gasteiger partial charge in [-0.3, -0.25) is 0 Å². The zero-order chi connectivity index (χ0) is 7.61. The van der Waals surface area contributed by atoms with Crippen LogP contribution in [-0.2, 0) is 29.6 Å². The predicted molar refractivity (Wildman–Crippen MR) is 34.4 cm³/mol. The van der Waals surface area contributed by atoms with E-state index >= 15 is 0 Å². The molecule has 0 aliphatic heterocycles. The van der Waals surface area contributed by atoms with Gasteiger partial charge in [-0.15, -0.1) is 0 Å². The summed E-state index contributed by atoms with van der Waals surface area (Å²) in [6.45, 7) is 0. The van der Waals surface area contributed by atoms with Crippen LogP contribution in [0, 0.1) is 0 Å². The van der Waals surface area contributed by atoms with Gasteiger partial charge in [0, 0.05) is 0 Å². The molecule has 0 bridgehead atoms. The molecular weight excluding hydrogens is 218 g/mol. The van der Waals surface area contributed by atoms with Gasteiger partial charge in [-0.25, -0.2) is 8.42 Å². The Bertz CT molecular complexity index is 306. The zero-order valence-corrected chi connectivity index (χ0v) is 9.51. The normalized spacial score (nSPS) is 10.3. The van der Waals surface area contributed by atoms with Crippen LogP contribution >= 0.6 is 0 Å². The Morgan fingerprint density at radius 3 is 1.82 bits per heavy atom. The summed E-state index contributed by atoms with van der Waals surface area (Å²) < 4.78 is 30.8. The number of hydrogen-bond acceptors (Lipinski definition) is 3. The molecule has 3 nitrogen and oxygen atoms in total. The second-order valence-electron chi connectivity index (χ2n) is 1.77. The molecule has 0 spiro atoms. The predicted octanol–water partition coefficient (Wildman–Crippen LogP) is 0.588. The fourth-order valence-electron chi connectivity index (χ4n) is 0.587. The molecule has 11 heavy (non-hydrogen) atoms. The van der Waals surface area contributed by atoms with Gasteiger partial charge in [-0.05, 0) is 12.1 Å². The summed E-state index contributed by atoms with van der Waals surface area (Å²) in [6.07, 6.45) is 0. The van der Waals surface area contributed by atoms with Crippen molar-refractivity contribution in [2.45, 2.75) is 4.90 Å². The van der Waals surface area contributed by atoms with Crippen molar-refractivity contribution in [3.8, 4) is 0 Å². The summed E-state index contributed by atoms with van der Waals surface area (Å²) >= 11 is 0. The second kappa shape index (κ2) is 3.95. The first-order chi connectivity index (χ1) is 4.61. The van der Waals surface area contributed by atoms with Gasteiger partial charge in [-0.1, -0.05) is 18.2 Å². The molecule has 0 saturated carbocycles. The van der Waals surface area contributed by atoms with Crippen LogP contribution in [0.5, 0.6) is 0 Å². The molecule has 0 heterocycles. The van der Waals surface area contributed by atoms with E-state index in [9.17, 15) is 13.0 Å². The van der Waals surface area contributed by atoms with Crippen molar-refractivity contribution >= 4 is 10.1 Å². The Morgan fingerprint density at radius 1 is 1.09 bits per heavy atom. The fourth-order valence-corrected chi connectivity index (χ4v) is 1.08. The van der Waals surface area contributed by atoms with Crippen molar-refractivity contribution in [3.63, 3.8) is 0 Å². The molecule has 5 heteroatoms. The third kappa shape index (κ3) is 3.10. The van der Waals surface area contributed by atoms with Gasteiger partial charge in [0.05, 0.1) is 4.90 Å². The van der Waals surface area contributed by atoms with Crippen LogP contribution in [0.25, 0.3) is 0 Å². The van der Waals surface area contributed by atoms with Gasteiger partial charge in [0.25, 0.3) is 0 Å². The minimum Gasteiger partial charge on any atom is -0.744 e. The number of hydrogen-bond donors (Lipinski definition) is 0. The summed E-state index contributed by atoms with van der Waals surface area (Å²) in [4.78, 5) is -0.185. The van der Waals surface area contributed by atoms with Gasteiger partial charge in [-0.2, -0.15) is 0 Å². The van der Waals surface area contributed by atoms with Gasteiger partial charge in [0.2, 0.25) is 0 Å². The topological polar surface area (TPSA) is 57.2 Å². The minimum atomic E-state index is -4.25. The number of benzene rings is 1. The van der Waals surface area contributed by atoms with Crippen LogP contribution in [0.15, 0.2) is 35.2 Å². The minimum absolute atomic E-state index is 0. The molecule has 54 valence electrons. The molecule has 1 rings (SSSR count). The first-order valence-electron chi connectivity index (χ1n) is 2.61. The van der Waals surface area contributed by atoms with Crippen molar-refractivity contribution in [2.75, 3.05) is 0 Å². The number of rotatable bonds is 1. The first-order valence-corrected chi connectivity index (χ1v) is 4.02. The van der Waals surface area contributed by atoms with Crippen LogP contribution in [0.3, 0.4) is 0 Å². The molecule has 0 saturated heterocycles. The summed E-state index contributed by atoms with van der Waals surface area (Å²) in [7, 11) is -4.25. The molecule has 0 aliphatic carbocycles. The summed E-state index contributed by atoms with van der Waals surface area (Å²) in [6, 6.07) is 7.19. The Morgan fingerprint density at radius 2 is 1.55 bits per heavy atom. The molecule has 0 aromatic heterocycles. The largest absolute Gasteiger partial charge is 2.00 e. The van der Waals surface area contributed by atoms with Crippen molar-refractivity contribution in [3.05, 3.63) is 30.3 Å². The maximum Gasteiger partial charge on any atom is 2.00 e. The van der Waals surface area contributed by atoms with E-state index in [0.29, 0.717) is 0 Å². The van der Waals surface area contributed by atoms with Crippen LogP contribution in [0.1, 0.15) is 0 Å². The van der Waals surface area contributed by atoms with E-state index in [1.165, 1.54) is 24.3 Å². The average Bonchev–Trinajstić information content (AvgIpc) is 1.88. The van der Waals surface area contributed by atoms with Gasteiger partial charge in [0.15, 0.2) is 0 Å². The standard InChI is InChI=1S/C6H6O3S.Zn/c7-10(8,9)6-4-2-1-3-5-6;/h1-5H,(H,7,8,9);/q;+2/p-1. The van der Waals surface area contributed by atoms with Crippen molar-refractivity contribution in [1.82, 2.24) is 0 Å². The third-order valence-electron chi connectivity index (χ3n) is 1.03. The molecule has 0 amide bonds. The molecule has 1 aromatic rings. The van der Waals surface area contributed by atoms with Gasteiger partial charge in [0.1, 0.15) is 10.1 Å². The van der Waals surface area contributed by atoms with Gasteiger partial charge >= 0.3 is 19.5 Å². The Labute approximate surface area is 77.9 Å². The quantitative estimate of drug-likeness (QED) is 0.516. The molecule has 1 aromatic carbocycles. The van der Waals surface area contributed by atoms with E-state index in [-0.39, 0.29) is 24.4 Å². The Kier molecular flexibility index (Phi) is 3.86. The molecule has 0 unspecified atom stereocenters. The van der Waals surface area contributed by atoms with Crippen molar-refractivity contribution < 1.29 is 32.4 Å². The summed E-state index contributed by atoms with van der Waals surface area (Å²) in [5.41, 5.74) is 0. The average molecular weight is 223 g/mol. The maximum atomic E-state index is 10.3. The second-order valence-corrected chi connectivity index (χ2v) is 3.15. The van der Waals surface area contributed by atoms with Crippen LogP contribution in [0.2, 0.25) is 0 Å². The van der Waals surface area contributed by atoms with E-state index in [2.05, 4.69) is 0 Å². The van der Waals surface area contributed by atoms with E-state index < -0.39 is 10.1 Å². The van der Waals surface area contributed by atoms with Gasteiger partial charge < -0.3 is 4.55 Å². The summed E-state index contributed by atoms with van der Waals surface area (Å²) in [5, 5.41) is 0. The van der Waals surface area contributed by atoms with Crippen molar-refractivity contribution in [2.24, 2.45) is 0 Å². The monoisotopic (exact) mass is 221 g/mol. The van der Waals surface area contributed by atoms with Crippen molar-refractivity contribution in [1.29, 1.82) is 0 Å². The molecular formula is C6H5O3SZn+. The summed E-state index contributed by atoms with van der Waals surface area (Å²) in [5.74, 6) is 0. The molecule has 0 radical (unpaired) electrons. The molecule has 0 aliphatic rings. The Hall–Kier alpha value is -0.247. The van der Waals surface area contributed by atoms with E-state index in [1.54, 1.807) is 6.07 Å². The molecule has 0 N–H and O–H groups in total. The maximum absolute atomic E-state index is 10.3. The van der Waals surface area contributed by atoms with Crippen LogP contribution < -0.4 is 0 Å². The third-order valence-corrected chi connectivity index (χ3v) is 1.88. The van der Waals surface area contributed by atoms with Crippen LogP contribution in [0.4, 0.5) is 0 Å². The molecule has 0 atom stereocenters. The zero-order valence-electron chi connectivity index (χ0n) is 5.73. The SMILES string of the molecule is O=S(=O)([O-])c1ccccc1.[Zn+2]. The Balaban J connectivity index is 0.000001000. The van der Waals surface area contributed by atoms with E-state index in [0.717, 1.165) is 0 Å². The van der Waals surface area contributed by atoms with Crippen LogP contribution in [-0.4, -0.2) is 13.0 Å². The smallest absolute Gasteiger partial charge is 0.744 e.